The Balaban J connectivity index is 3.07. The number of alkyl halides is 5. The molecule has 1 aromatic carbocycles. The molecule has 6 heteroatoms. The molecule has 1 atom stereocenters. The highest BCUT2D eigenvalue weighted by Crippen LogP contribution is 2.43. The minimum atomic E-state index is -5.61. The Morgan fingerprint density at radius 2 is 1.44 bits per heavy atom. The van der Waals surface area contributed by atoms with Gasteiger partial charge in [0, 0.05) is 5.56 Å². The fourth-order valence-electron chi connectivity index (χ4n) is 1.13. The highest BCUT2D eigenvalue weighted by atomic mass is 19.4. The van der Waals surface area contributed by atoms with Gasteiger partial charge in [-0.2, -0.15) is 22.0 Å². The maximum atomic E-state index is 12.8. The Morgan fingerprint density at radius 1 is 1.00 bits per heavy atom. The van der Waals surface area contributed by atoms with E-state index in [-0.39, 0.29) is 5.56 Å². The second-order valence-electron chi connectivity index (χ2n) is 3.37. The zero-order chi connectivity index (χ0) is 12.6. The highest BCUT2D eigenvalue weighted by Gasteiger charge is 2.58. The first-order valence-corrected chi connectivity index (χ1v) is 4.39. The molecule has 0 bridgehead atoms. The third kappa shape index (κ3) is 2.32. The molecule has 0 aliphatic heterocycles. The molecule has 0 heterocycles. The second-order valence-corrected chi connectivity index (χ2v) is 3.37. The molecule has 1 nitrogen and oxygen atoms in total. The molecule has 1 rings (SSSR count). The molecule has 0 radical (unpaired) electrons. The van der Waals surface area contributed by atoms with Crippen molar-refractivity contribution in [1.29, 1.82) is 0 Å². The van der Waals surface area contributed by atoms with Gasteiger partial charge in [0.1, 0.15) is 0 Å². The van der Waals surface area contributed by atoms with Crippen LogP contribution in [0.2, 0.25) is 0 Å². The lowest BCUT2D eigenvalue weighted by Gasteiger charge is -2.20. The van der Waals surface area contributed by atoms with Crippen LogP contribution in [0.15, 0.2) is 24.3 Å². The number of aliphatic hydroxyl groups excluding tert-OH is 1. The van der Waals surface area contributed by atoms with E-state index in [0.717, 1.165) is 12.1 Å². The van der Waals surface area contributed by atoms with E-state index in [1.165, 1.54) is 6.92 Å². The number of hydrogen-bond donors (Lipinski definition) is 1. The minimum Gasteiger partial charge on any atom is -0.389 e. The van der Waals surface area contributed by atoms with Gasteiger partial charge in [0.25, 0.3) is 0 Å². The van der Waals surface area contributed by atoms with Crippen molar-refractivity contribution < 1.29 is 27.1 Å². The lowest BCUT2D eigenvalue weighted by atomic mass is 10.0. The Bertz CT molecular complexity index is 352. The van der Waals surface area contributed by atoms with E-state index in [0.29, 0.717) is 12.1 Å². The first-order valence-electron chi connectivity index (χ1n) is 4.39. The minimum absolute atomic E-state index is 0.279. The predicted molar refractivity (Wildman–Crippen MR) is 47.0 cm³/mol. The molecule has 1 aromatic rings. The Labute approximate surface area is 88.5 Å². The summed E-state index contributed by atoms with van der Waals surface area (Å²) >= 11 is 0. The molecule has 0 spiro atoms. The maximum Gasteiger partial charge on any atom is 0.458 e. The summed E-state index contributed by atoms with van der Waals surface area (Å²) in [6, 6.07) is 3.41. The Kier molecular flexibility index (Phi) is 3.23. The van der Waals surface area contributed by atoms with Crippen LogP contribution in [0.3, 0.4) is 0 Å². The molecule has 1 N–H and O–H groups in total. The van der Waals surface area contributed by atoms with Crippen molar-refractivity contribution in [2.45, 2.75) is 25.1 Å². The summed E-state index contributed by atoms with van der Waals surface area (Å²) in [6.45, 7) is 1.39. The first kappa shape index (κ1) is 12.9. The van der Waals surface area contributed by atoms with Crippen LogP contribution in [-0.2, 0) is 5.92 Å². The van der Waals surface area contributed by atoms with E-state index in [1.807, 2.05) is 0 Å². The average Bonchev–Trinajstić information content (AvgIpc) is 2.16. The first-order chi connectivity index (χ1) is 7.16. The van der Waals surface area contributed by atoms with Crippen LogP contribution < -0.4 is 0 Å². The number of halogens is 5. The van der Waals surface area contributed by atoms with Crippen LogP contribution in [0.4, 0.5) is 22.0 Å². The topological polar surface area (TPSA) is 20.2 Å². The third-order valence-electron chi connectivity index (χ3n) is 2.11. The van der Waals surface area contributed by atoms with Crippen molar-refractivity contribution in [3.63, 3.8) is 0 Å². The third-order valence-corrected chi connectivity index (χ3v) is 2.11. The van der Waals surface area contributed by atoms with E-state index in [4.69, 9.17) is 5.11 Å². The van der Waals surface area contributed by atoms with Gasteiger partial charge >= 0.3 is 12.1 Å². The summed E-state index contributed by atoms with van der Waals surface area (Å²) in [6.07, 6.45) is -6.52. The fraction of sp³-hybridized carbons (Fsp3) is 0.400. The zero-order valence-corrected chi connectivity index (χ0v) is 8.22. The summed E-state index contributed by atoms with van der Waals surface area (Å²) in [4.78, 5) is 0. The molecule has 0 saturated heterocycles. The number of aliphatic hydroxyl groups is 1. The van der Waals surface area contributed by atoms with Gasteiger partial charge in [-0.1, -0.05) is 24.3 Å². The normalized spacial score (nSPS) is 14.9. The summed E-state index contributed by atoms with van der Waals surface area (Å²) in [5.74, 6) is -4.87. The van der Waals surface area contributed by atoms with Gasteiger partial charge in [-0.05, 0) is 12.5 Å². The SMILES string of the molecule is C[C@@H](O)c1ccc(C(F)(F)C(F)(F)F)cc1. The quantitative estimate of drug-likeness (QED) is 0.785. The standard InChI is InChI=1S/C10H9F5O/c1-6(16)7-2-4-8(5-3-7)9(11,12)10(13,14)15/h2-6,16H,1H3/t6-/m1/s1. The van der Waals surface area contributed by atoms with E-state index >= 15 is 0 Å². The molecular formula is C10H9F5O. The fourth-order valence-corrected chi connectivity index (χ4v) is 1.13. The van der Waals surface area contributed by atoms with Crippen LogP contribution in [0.5, 0.6) is 0 Å². The molecule has 0 fully saturated rings. The van der Waals surface area contributed by atoms with E-state index in [9.17, 15) is 22.0 Å². The van der Waals surface area contributed by atoms with Crippen molar-refractivity contribution >= 4 is 0 Å². The maximum absolute atomic E-state index is 12.8. The van der Waals surface area contributed by atoms with Crippen molar-refractivity contribution in [2.24, 2.45) is 0 Å². The van der Waals surface area contributed by atoms with Crippen LogP contribution in [0.25, 0.3) is 0 Å². The number of rotatable bonds is 2. The molecule has 0 aliphatic rings. The van der Waals surface area contributed by atoms with Crippen molar-refractivity contribution in [1.82, 2.24) is 0 Å². The van der Waals surface area contributed by atoms with E-state index in [1.54, 1.807) is 0 Å². The lowest BCUT2D eigenvalue weighted by Crippen LogP contribution is -2.33. The summed E-state index contributed by atoms with van der Waals surface area (Å²) in [5.41, 5.74) is -0.855. The molecule has 90 valence electrons. The Morgan fingerprint density at radius 3 is 1.75 bits per heavy atom. The summed E-state index contributed by atoms with van der Waals surface area (Å²) < 4.78 is 61.6. The molecular weight excluding hydrogens is 231 g/mol. The van der Waals surface area contributed by atoms with Crippen molar-refractivity contribution in [2.75, 3.05) is 0 Å². The summed E-state index contributed by atoms with van der Waals surface area (Å²) in [5, 5.41) is 9.07. The van der Waals surface area contributed by atoms with Gasteiger partial charge in [0.05, 0.1) is 6.10 Å². The molecule has 0 saturated carbocycles. The van der Waals surface area contributed by atoms with Gasteiger partial charge < -0.3 is 5.11 Å². The van der Waals surface area contributed by atoms with Gasteiger partial charge in [0.15, 0.2) is 0 Å². The number of hydrogen-bond acceptors (Lipinski definition) is 1. The smallest absolute Gasteiger partial charge is 0.389 e. The van der Waals surface area contributed by atoms with Crippen LogP contribution in [0.1, 0.15) is 24.2 Å². The predicted octanol–water partition coefficient (Wildman–Crippen LogP) is 3.39. The molecule has 0 amide bonds. The zero-order valence-electron chi connectivity index (χ0n) is 8.22. The molecule has 0 aliphatic carbocycles. The van der Waals surface area contributed by atoms with E-state index < -0.39 is 23.8 Å². The average molecular weight is 240 g/mol. The van der Waals surface area contributed by atoms with Crippen LogP contribution >= 0.6 is 0 Å². The van der Waals surface area contributed by atoms with Gasteiger partial charge in [-0.25, -0.2) is 0 Å². The Hall–Kier alpha value is -1.17. The number of benzene rings is 1. The van der Waals surface area contributed by atoms with Gasteiger partial charge in [-0.3, -0.25) is 0 Å². The van der Waals surface area contributed by atoms with Crippen LogP contribution in [0, 0.1) is 0 Å². The monoisotopic (exact) mass is 240 g/mol. The van der Waals surface area contributed by atoms with Gasteiger partial charge in [0.2, 0.25) is 0 Å². The van der Waals surface area contributed by atoms with Gasteiger partial charge in [-0.15, -0.1) is 0 Å². The van der Waals surface area contributed by atoms with E-state index in [2.05, 4.69) is 0 Å². The summed E-state index contributed by atoms with van der Waals surface area (Å²) in [7, 11) is 0. The lowest BCUT2D eigenvalue weighted by molar-refractivity contribution is -0.289. The molecule has 0 aromatic heterocycles. The largest absolute Gasteiger partial charge is 0.458 e. The molecule has 16 heavy (non-hydrogen) atoms. The van der Waals surface area contributed by atoms with Crippen molar-refractivity contribution in [3.8, 4) is 0 Å². The highest BCUT2D eigenvalue weighted by molar-refractivity contribution is 5.27. The second kappa shape index (κ2) is 4.01. The van der Waals surface area contributed by atoms with Crippen LogP contribution in [-0.4, -0.2) is 11.3 Å². The van der Waals surface area contributed by atoms with Crippen molar-refractivity contribution in [3.05, 3.63) is 35.4 Å². The molecule has 0 unspecified atom stereocenters.